The molecule has 0 bridgehead atoms. The van der Waals surface area contributed by atoms with Gasteiger partial charge < -0.3 is 10.1 Å². The summed E-state index contributed by atoms with van der Waals surface area (Å²) >= 11 is 0. The SMILES string of the molecule is CCc1nc(NCc2cn[nH]c2-c2ccc(OC)cc2)ncc1C. The summed E-state index contributed by atoms with van der Waals surface area (Å²) in [6, 6.07) is 7.88. The van der Waals surface area contributed by atoms with Gasteiger partial charge in [0.05, 0.1) is 19.0 Å². The van der Waals surface area contributed by atoms with E-state index in [1.54, 1.807) is 7.11 Å². The van der Waals surface area contributed by atoms with Crippen molar-refractivity contribution in [3.05, 3.63) is 53.5 Å². The molecule has 24 heavy (non-hydrogen) atoms. The van der Waals surface area contributed by atoms with Crippen molar-refractivity contribution in [2.24, 2.45) is 0 Å². The van der Waals surface area contributed by atoms with Crippen LogP contribution < -0.4 is 10.1 Å². The van der Waals surface area contributed by atoms with Crippen LogP contribution in [0.5, 0.6) is 5.75 Å². The molecule has 0 saturated heterocycles. The highest BCUT2D eigenvalue weighted by Crippen LogP contribution is 2.24. The lowest BCUT2D eigenvalue weighted by molar-refractivity contribution is 0.415. The van der Waals surface area contributed by atoms with Crippen LogP contribution in [0.3, 0.4) is 0 Å². The van der Waals surface area contributed by atoms with Crippen molar-refractivity contribution in [3.8, 4) is 17.0 Å². The van der Waals surface area contributed by atoms with E-state index >= 15 is 0 Å². The quantitative estimate of drug-likeness (QED) is 0.727. The van der Waals surface area contributed by atoms with Gasteiger partial charge in [0.15, 0.2) is 0 Å². The van der Waals surface area contributed by atoms with Gasteiger partial charge in [-0.1, -0.05) is 6.92 Å². The molecular weight excluding hydrogens is 302 g/mol. The van der Waals surface area contributed by atoms with Gasteiger partial charge >= 0.3 is 0 Å². The lowest BCUT2D eigenvalue weighted by Gasteiger charge is -2.08. The number of aryl methyl sites for hydroxylation is 2. The number of benzene rings is 1. The average Bonchev–Trinajstić information content (AvgIpc) is 3.09. The van der Waals surface area contributed by atoms with Gasteiger partial charge in [-0.2, -0.15) is 5.10 Å². The molecule has 1 aromatic carbocycles. The topological polar surface area (TPSA) is 75.7 Å². The van der Waals surface area contributed by atoms with Crippen LogP contribution in [0.15, 0.2) is 36.7 Å². The second-order valence-corrected chi connectivity index (χ2v) is 5.53. The summed E-state index contributed by atoms with van der Waals surface area (Å²) in [6.07, 6.45) is 4.57. The number of nitrogens with one attached hydrogen (secondary N) is 2. The van der Waals surface area contributed by atoms with Gasteiger partial charge in [-0.25, -0.2) is 9.97 Å². The zero-order chi connectivity index (χ0) is 16.9. The highest BCUT2D eigenvalue weighted by molar-refractivity contribution is 5.63. The van der Waals surface area contributed by atoms with E-state index < -0.39 is 0 Å². The predicted molar refractivity (Wildman–Crippen MR) is 94.0 cm³/mol. The predicted octanol–water partition coefficient (Wildman–Crippen LogP) is 3.36. The lowest BCUT2D eigenvalue weighted by Crippen LogP contribution is -2.06. The molecule has 0 atom stereocenters. The molecule has 2 N–H and O–H groups in total. The third-order valence-electron chi connectivity index (χ3n) is 3.94. The zero-order valence-corrected chi connectivity index (χ0v) is 14.1. The normalized spacial score (nSPS) is 10.6. The van der Waals surface area contributed by atoms with Crippen LogP contribution in [0.1, 0.15) is 23.7 Å². The molecule has 3 aromatic rings. The summed E-state index contributed by atoms with van der Waals surface area (Å²) in [6.45, 7) is 4.72. The molecule has 3 rings (SSSR count). The summed E-state index contributed by atoms with van der Waals surface area (Å²) in [7, 11) is 1.66. The highest BCUT2D eigenvalue weighted by Gasteiger charge is 2.09. The van der Waals surface area contributed by atoms with Gasteiger partial charge in [-0.3, -0.25) is 5.10 Å². The Labute approximate surface area is 141 Å². The number of methoxy groups -OCH3 is 1. The first-order valence-corrected chi connectivity index (χ1v) is 7.94. The third-order valence-corrected chi connectivity index (χ3v) is 3.94. The van der Waals surface area contributed by atoms with Crippen LogP contribution in [0.2, 0.25) is 0 Å². The number of ether oxygens (including phenoxy) is 1. The second-order valence-electron chi connectivity index (χ2n) is 5.53. The van der Waals surface area contributed by atoms with Crippen LogP contribution >= 0.6 is 0 Å². The van der Waals surface area contributed by atoms with E-state index in [0.717, 1.165) is 40.2 Å². The minimum atomic E-state index is 0.601. The number of hydrogen-bond donors (Lipinski definition) is 2. The molecule has 0 aliphatic carbocycles. The van der Waals surface area contributed by atoms with Gasteiger partial charge in [0.25, 0.3) is 0 Å². The third kappa shape index (κ3) is 3.37. The lowest BCUT2D eigenvalue weighted by atomic mass is 10.1. The molecule has 2 aromatic heterocycles. The fourth-order valence-corrected chi connectivity index (χ4v) is 2.55. The standard InChI is InChI=1S/C18H21N5O/c1-4-16-12(2)9-19-18(22-16)20-10-14-11-21-23-17(14)13-5-7-15(24-3)8-6-13/h5-9,11H,4,10H2,1-3H3,(H,21,23)(H,19,20,22). The fraction of sp³-hybridized carbons (Fsp3) is 0.278. The van der Waals surface area contributed by atoms with E-state index in [1.165, 1.54) is 0 Å². The summed E-state index contributed by atoms with van der Waals surface area (Å²) < 4.78 is 5.20. The van der Waals surface area contributed by atoms with Crippen molar-refractivity contribution in [2.75, 3.05) is 12.4 Å². The van der Waals surface area contributed by atoms with Crippen molar-refractivity contribution in [2.45, 2.75) is 26.8 Å². The monoisotopic (exact) mass is 323 g/mol. The van der Waals surface area contributed by atoms with Gasteiger partial charge in [-0.15, -0.1) is 0 Å². The minimum Gasteiger partial charge on any atom is -0.497 e. The highest BCUT2D eigenvalue weighted by atomic mass is 16.5. The summed E-state index contributed by atoms with van der Waals surface area (Å²) in [4.78, 5) is 8.89. The van der Waals surface area contributed by atoms with Crippen molar-refractivity contribution in [3.63, 3.8) is 0 Å². The van der Waals surface area contributed by atoms with Gasteiger partial charge in [-0.05, 0) is 43.2 Å². The Morgan fingerprint density at radius 3 is 2.67 bits per heavy atom. The number of aromatic nitrogens is 4. The number of hydrogen-bond acceptors (Lipinski definition) is 5. The van der Waals surface area contributed by atoms with E-state index in [4.69, 9.17) is 4.74 Å². The molecule has 2 heterocycles. The van der Waals surface area contributed by atoms with Crippen molar-refractivity contribution >= 4 is 5.95 Å². The Hall–Kier alpha value is -2.89. The van der Waals surface area contributed by atoms with Gasteiger partial charge in [0.1, 0.15) is 5.75 Å². The second kappa shape index (κ2) is 7.12. The van der Waals surface area contributed by atoms with Crippen molar-refractivity contribution in [1.82, 2.24) is 20.2 Å². The molecule has 124 valence electrons. The Morgan fingerprint density at radius 2 is 1.96 bits per heavy atom. The Bertz CT molecular complexity index is 811. The van der Waals surface area contributed by atoms with E-state index in [1.807, 2.05) is 43.6 Å². The van der Waals surface area contributed by atoms with Crippen LogP contribution in [-0.4, -0.2) is 27.3 Å². The molecule has 0 spiro atoms. The summed E-state index contributed by atoms with van der Waals surface area (Å²) in [5.74, 6) is 1.47. The first kappa shape index (κ1) is 16.0. The number of aromatic amines is 1. The molecule has 0 radical (unpaired) electrons. The van der Waals surface area contributed by atoms with Gasteiger partial charge in [0.2, 0.25) is 5.95 Å². The zero-order valence-electron chi connectivity index (χ0n) is 14.1. The summed E-state index contributed by atoms with van der Waals surface area (Å²) in [5.41, 5.74) is 5.28. The first-order chi connectivity index (χ1) is 11.7. The Balaban J connectivity index is 1.76. The van der Waals surface area contributed by atoms with Crippen LogP contribution in [0, 0.1) is 6.92 Å². The number of anilines is 1. The van der Waals surface area contributed by atoms with Crippen molar-refractivity contribution in [1.29, 1.82) is 0 Å². The maximum Gasteiger partial charge on any atom is 0.223 e. The number of rotatable bonds is 6. The molecule has 0 unspecified atom stereocenters. The Kier molecular flexibility index (Phi) is 4.74. The first-order valence-electron chi connectivity index (χ1n) is 7.94. The van der Waals surface area contributed by atoms with Gasteiger partial charge in [0, 0.05) is 29.6 Å². The molecule has 0 fully saturated rings. The van der Waals surface area contributed by atoms with E-state index in [-0.39, 0.29) is 0 Å². The van der Waals surface area contributed by atoms with Crippen molar-refractivity contribution < 1.29 is 4.74 Å². The summed E-state index contributed by atoms with van der Waals surface area (Å²) in [5, 5.41) is 10.5. The minimum absolute atomic E-state index is 0.601. The molecule has 0 amide bonds. The average molecular weight is 323 g/mol. The molecule has 6 nitrogen and oxygen atoms in total. The van der Waals surface area contributed by atoms with E-state index in [9.17, 15) is 0 Å². The van der Waals surface area contributed by atoms with Crippen LogP contribution in [0.4, 0.5) is 5.95 Å². The number of H-pyrrole nitrogens is 1. The molecule has 0 saturated carbocycles. The fourth-order valence-electron chi connectivity index (χ4n) is 2.55. The molecule has 0 aliphatic heterocycles. The smallest absolute Gasteiger partial charge is 0.223 e. The van der Waals surface area contributed by atoms with Crippen LogP contribution in [-0.2, 0) is 13.0 Å². The molecular formula is C18H21N5O. The van der Waals surface area contributed by atoms with E-state index in [2.05, 4.69) is 32.4 Å². The van der Waals surface area contributed by atoms with E-state index in [0.29, 0.717) is 12.5 Å². The number of nitrogens with zero attached hydrogens (tertiary/aromatic N) is 3. The maximum atomic E-state index is 5.20. The Morgan fingerprint density at radius 1 is 1.17 bits per heavy atom. The maximum absolute atomic E-state index is 5.20. The van der Waals surface area contributed by atoms with Crippen LogP contribution in [0.25, 0.3) is 11.3 Å². The largest absolute Gasteiger partial charge is 0.497 e. The molecule has 6 heteroatoms. The molecule has 0 aliphatic rings.